The Hall–Kier alpha value is -0.950. The molecule has 8 heteroatoms. The number of hydrogen-bond donors (Lipinski definition) is 1. The van der Waals surface area contributed by atoms with Gasteiger partial charge in [0.25, 0.3) is 0 Å². The zero-order valence-electron chi connectivity index (χ0n) is 17.8. The number of benzene rings is 3. The number of hydrogen-bond acceptors (Lipinski definition) is 5. The van der Waals surface area contributed by atoms with E-state index in [4.69, 9.17) is 39.9 Å². The Morgan fingerprint density at radius 2 is 1.38 bits per heavy atom. The number of nitrogens with one attached hydrogen (secondary N) is 1. The Bertz CT molecular complexity index is 1030. The Morgan fingerprint density at radius 1 is 0.844 bits per heavy atom. The molecule has 0 aliphatic rings. The first-order chi connectivity index (χ1) is 15.2. The molecular weight excluding hydrogens is 519 g/mol. The summed E-state index contributed by atoms with van der Waals surface area (Å²) in [5, 5.41) is 6.17. The van der Waals surface area contributed by atoms with E-state index in [1.54, 1.807) is 45.5 Å². The number of hydrazone groups is 1. The van der Waals surface area contributed by atoms with Crippen LogP contribution in [0.25, 0.3) is 0 Å². The first-order valence-corrected chi connectivity index (χ1v) is 14.1. The second-order valence-corrected chi connectivity index (χ2v) is 13.0. The summed E-state index contributed by atoms with van der Waals surface area (Å²) in [6.45, 7) is 6.47. The third-order valence-electron chi connectivity index (χ3n) is 4.25. The summed E-state index contributed by atoms with van der Waals surface area (Å²) in [4.78, 5) is 2.37. The van der Waals surface area contributed by atoms with Gasteiger partial charge in [-0.25, -0.2) is 0 Å². The SMILES string of the molecule is CC(C)(C)C(=NNc1c(Cl)cc(Cl)cc1Cl)[C@H](SSc1ccccc1)Sc1ccccc1. The molecule has 0 aliphatic heterocycles. The van der Waals surface area contributed by atoms with Crippen molar-refractivity contribution < 1.29 is 0 Å². The maximum absolute atomic E-state index is 6.37. The molecule has 3 rings (SSSR count). The third-order valence-corrected chi connectivity index (χ3v) is 9.39. The summed E-state index contributed by atoms with van der Waals surface area (Å²) in [5.41, 5.74) is 4.44. The third kappa shape index (κ3) is 7.54. The Labute approximate surface area is 217 Å². The molecule has 32 heavy (non-hydrogen) atoms. The predicted molar refractivity (Wildman–Crippen MR) is 148 cm³/mol. The maximum atomic E-state index is 6.37. The Balaban J connectivity index is 1.93. The molecular formula is C24H23Cl3N2S3. The lowest BCUT2D eigenvalue weighted by Crippen LogP contribution is -2.29. The highest BCUT2D eigenvalue weighted by Crippen LogP contribution is 2.45. The second-order valence-electron chi connectivity index (χ2n) is 7.86. The maximum Gasteiger partial charge on any atom is 0.106 e. The molecule has 168 valence electrons. The van der Waals surface area contributed by atoms with Crippen molar-refractivity contribution in [2.75, 3.05) is 5.43 Å². The normalized spacial score (nSPS) is 13.1. The summed E-state index contributed by atoms with van der Waals surface area (Å²) in [6, 6.07) is 24.0. The van der Waals surface area contributed by atoms with Crippen LogP contribution >= 0.6 is 68.2 Å². The van der Waals surface area contributed by atoms with E-state index in [2.05, 4.69) is 50.5 Å². The van der Waals surface area contributed by atoms with E-state index in [0.717, 1.165) is 5.71 Å². The second kappa shape index (κ2) is 12.0. The number of anilines is 1. The Morgan fingerprint density at radius 3 is 1.91 bits per heavy atom. The predicted octanol–water partition coefficient (Wildman–Crippen LogP) is 10.0. The van der Waals surface area contributed by atoms with Gasteiger partial charge in [0.05, 0.1) is 21.4 Å². The van der Waals surface area contributed by atoms with E-state index in [0.29, 0.717) is 20.8 Å². The minimum Gasteiger partial charge on any atom is -0.275 e. The van der Waals surface area contributed by atoms with Crippen molar-refractivity contribution in [1.29, 1.82) is 0 Å². The Kier molecular flexibility index (Phi) is 9.59. The van der Waals surface area contributed by atoms with Gasteiger partial charge in [0.15, 0.2) is 0 Å². The average Bonchev–Trinajstić information content (AvgIpc) is 2.74. The lowest BCUT2D eigenvalue weighted by Gasteiger charge is -2.28. The van der Waals surface area contributed by atoms with Gasteiger partial charge in [-0.05, 0) is 36.4 Å². The van der Waals surface area contributed by atoms with E-state index in [-0.39, 0.29) is 10.00 Å². The number of thioether (sulfide) groups is 1. The molecule has 0 heterocycles. The lowest BCUT2D eigenvalue weighted by molar-refractivity contribution is 0.586. The molecule has 0 bridgehead atoms. The smallest absolute Gasteiger partial charge is 0.106 e. The van der Waals surface area contributed by atoms with Gasteiger partial charge >= 0.3 is 0 Å². The van der Waals surface area contributed by atoms with Gasteiger partial charge in [-0.2, -0.15) is 5.10 Å². The molecule has 1 atom stereocenters. The van der Waals surface area contributed by atoms with Gasteiger partial charge in [0, 0.05) is 20.2 Å². The summed E-state index contributed by atoms with van der Waals surface area (Å²) in [5.74, 6) is 0. The lowest BCUT2D eigenvalue weighted by atomic mass is 9.91. The molecule has 0 amide bonds. The standard InChI is InChI=1S/C24H23Cl3N2S3/c1-24(2,3)22(29-28-21-19(26)14-16(25)15-20(21)27)23(30-17-10-6-4-7-11-17)32-31-18-12-8-5-9-13-18/h4-15,23,28H,1-3H3/t23-/m0/s1. The van der Waals surface area contributed by atoms with Crippen molar-refractivity contribution in [2.45, 2.75) is 35.1 Å². The fourth-order valence-electron chi connectivity index (χ4n) is 2.66. The summed E-state index contributed by atoms with van der Waals surface area (Å²) >= 11 is 20.6. The van der Waals surface area contributed by atoms with Crippen LogP contribution in [0.3, 0.4) is 0 Å². The first kappa shape index (κ1) is 25.7. The summed E-state index contributed by atoms with van der Waals surface area (Å²) in [7, 11) is 3.51. The molecule has 0 aliphatic carbocycles. The zero-order valence-corrected chi connectivity index (χ0v) is 22.5. The van der Waals surface area contributed by atoms with Crippen LogP contribution in [-0.2, 0) is 0 Å². The molecule has 0 aromatic heterocycles. The highest BCUT2D eigenvalue weighted by atomic mass is 35.5. The quantitative estimate of drug-likeness (QED) is 0.101. The first-order valence-electron chi connectivity index (χ1n) is 9.83. The van der Waals surface area contributed by atoms with Crippen molar-refractivity contribution in [3.05, 3.63) is 87.9 Å². The van der Waals surface area contributed by atoms with Gasteiger partial charge < -0.3 is 0 Å². The van der Waals surface area contributed by atoms with Crippen LogP contribution in [0, 0.1) is 5.41 Å². The molecule has 1 N–H and O–H groups in total. The van der Waals surface area contributed by atoms with Crippen LogP contribution in [0.4, 0.5) is 5.69 Å². The van der Waals surface area contributed by atoms with Crippen molar-refractivity contribution in [3.63, 3.8) is 0 Å². The fourth-order valence-corrected chi connectivity index (χ4v) is 8.00. The van der Waals surface area contributed by atoms with E-state index in [1.807, 2.05) is 36.4 Å². The van der Waals surface area contributed by atoms with Gasteiger partial charge in [0.1, 0.15) is 4.58 Å². The largest absolute Gasteiger partial charge is 0.275 e. The minimum absolute atomic E-state index is 0.0416. The van der Waals surface area contributed by atoms with E-state index < -0.39 is 0 Å². The van der Waals surface area contributed by atoms with Gasteiger partial charge in [-0.15, -0.1) is 11.8 Å². The molecule has 3 aromatic rings. The molecule has 0 unspecified atom stereocenters. The van der Waals surface area contributed by atoms with Crippen LogP contribution < -0.4 is 5.43 Å². The van der Waals surface area contributed by atoms with Crippen LogP contribution in [0.1, 0.15) is 20.8 Å². The monoisotopic (exact) mass is 540 g/mol. The molecule has 0 saturated heterocycles. The highest BCUT2D eigenvalue weighted by Gasteiger charge is 2.30. The summed E-state index contributed by atoms with van der Waals surface area (Å²) < 4.78 is 0.0416. The van der Waals surface area contributed by atoms with Crippen molar-refractivity contribution in [2.24, 2.45) is 10.5 Å². The zero-order chi connectivity index (χ0) is 23.1. The van der Waals surface area contributed by atoms with Crippen LogP contribution in [-0.4, -0.2) is 10.3 Å². The van der Waals surface area contributed by atoms with E-state index >= 15 is 0 Å². The number of nitrogens with zero attached hydrogens (tertiary/aromatic N) is 1. The van der Waals surface area contributed by atoms with Crippen LogP contribution in [0.5, 0.6) is 0 Å². The minimum atomic E-state index is -0.199. The van der Waals surface area contributed by atoms with E-state index in [1.165, 1.54) is 9.79 Å². The van der Waals surface area contributed by atoms with Crippen LogP contribution in [0.15, 0.2) is 87.7 Å². The van der Waals surface area contributed by atoms with Gasteiger partial charge in [-0.1, -0.05) is 114 Å². The molecule has 0 fully saturated rings. The highest BCUT2D eigenvalue weighted by molar-refractivity contribution is 8.78. The van der Waals surface area contributed by atoms with Crippen molar-refractivity contribution >= 4 is 79.6 Å². The summed E-state index contributed by atoms with van der Waals surface area (Å²) in [6.07, 6.45) is 0. The molecule has 0 spiro atoms. The molecule has 2 nitrogen and oxygen atoms in total. The van der Waals surface area contributed by atoms with Gasteiger partial charge in [-0.3, -0.25) is 5.43 Å². The molecule has 0 saturated carbocycles. The number of rotatable bonds is 8. The van der Waals surface area contributed by atoms with Crippen LogP contribution in [0.2, 0.25) is 15.1 Å². The van der Waals surface area contributed by atoms with Gasteiger partial charge in [0.2, 0.25) is 0 Å². The van der Waals surface area contributed by atoms with Crippen molar-refractivity contribution in [3.8, 4) is 0 Å². The number of halogens is 3. The van der Waals surface area contributed by atoms with E-state index in [9.17, 15) is 0 Å². The average molecular weight is 542 g/mol. The topological polar surface area (TPSA) is 24.4 Å². The van der Waals surface area contributed by atoms with Crippen molar-refractivity contribution in [1.82, 2.24) is 0 Å². The molecule has 3 aromatic carbocycles. The molecule has 0 radical (unpaired) electrons. The fraction of sp³-hybridized carbons (Fsp3) is 0.208.